The van der Waals surface area contributed by atoms with E-state index in [-0.39, 0.29) is 6.03 Å². The lowest BCUT2D eigenvalue weighted by atomic mass is 10.1. The topological polar surface area (TPSA) is 59.6 Å². The molecular weight excluding hydrogens is 384 g/mol. The Morgan fingerprint density at radius 1 is 1.04 bits per heavy atom. The zero-order valence-electron chi connectivity index (χ0n) is 14.5. The highest BCUT2D eigenvalue weighted by molar-refractivity contribution is 9.10. The predicted molar refractivity (Wildman–Crippen MR) is 102 cm³/mol. The maximum Gasteiger partial charge on any atom is 0.315 e. The summed E-state index contributed by atoms with van der Waals surface area (Å²) in [7, 11) is 1.62. The zero-order chi connectivity index (χ0) is 18.1. The summed E-state index contributed by atoms with van der Waals surface area (Å²) in [6.45, 7) is 3.57. The van der Waals surface area contributed by atoms with Crippen LogP contribution < -0.4 is 20.1 Å². The molecule has 0 aliphatic heterocycles. The van der Waals surface area contributed by atoms with E-state index in [4.69, 9.17) is 9.47 Å². The molecule has 2 rings (SSSR count). The van der Waals surface area contributed by atoms with Crippen molar-refractivity contribution >= 4 is 22.0 Å². The fourth-order valence-corrected chi connectivity index (χ4v) is 2.57. The molecule has 2 aromatic carbocycles. The number of hydrogen-bond donors (Lipinski definition) is 2. The minimum atomic E-state index is -0.180. The molecule has 0 atom stereocenters. The fourth-order valence-electron chi connectivity index (χ4n) is 2.31. The van der Waals surface area contributed by atoms with Crippen molar-refractivity contribution in [3.05, 3.63) is 58.1 Å². The van der Waals surface area contributed by atoms with Crippen LogP contribution in [0.1, 0.15) is 18.1 Å². The van der Waals surface area contributed by atoms with Crippen LogP contribution in [0.5, 0.6) is 11.5 Å². The summed E-state index contributed by atoms with van der Waals surface area (Å²) < 4.78 is 11.9. The van der Waals surface area contributed by atoms with Crippen LogP contribution in [0.15, 0.2) is 46.9 Å². The van der Waals surface area contributed by atoms with Gasteiger partial charge in [0.2, 0.25) is 0 Å². The summed E-state index contributed by atoms with van der Waals surface area (Å²) in [6, 6.07) is 13.5. The minimum Gasteiger partial charge on any atom is -0.493 e. The van der Waals surface area contributed by atoms with Gasteiger partial charge in [-0.15, -0.1) is 0 Å². The third kappa shape index (κ3) is 6.31. The van der Waals surface area contributed by atoms with Crippen molar-refractivity contribution in [1.82, 2.24) is 10.6 Å². The molecule has 134 valence electrons. The largest absolute Gasteiger partial charge is 0.493 e. The molecule has 0 aromatic heterocycles. The van der Waals surface area contributed by atoms with Gasteiger partial charge in [0, 0.05) is 17.6 Å². The quantitative estimate of drug-likeness (QED) is 0.698. The van der Waals surface area contributed by atoms with Crippen LogP contribution in [0.25, 0.3) is 0 Å². The Kier molecular flexibility index (Phi) is 7.60. The molecule has 25 heavy (non-hydrogen) atoms. The Balaban J connectivity index is 1.76. The van der Waals surface area contributed by atoms with Crippen LogP contribution >= 0.6 is 15.9 Å². The van der Waals surface area contributed by atoms with E-state index in [9.17, 15) is 4.79 Å². The number of methoxy groups -OCH3 is 1. The maximum atomic E-state index is 11.9. The number of hydrogen-bond acceptors (Lipinski definition) is 3. The molecule has 2 N–H and O–H groups in total. The zero-order valence-corrected chi connectivity index (χ0v) is 16.1. The van der Waals surface area contributed by atoms with Gasteiger partial charge in [0.05, 0.1) is 13.7 Å². The van der Waals surface area contributed by atoms with Gasteiger partial charge in [0.15, 0.2) is 11.5 Å². The molecule has 0 spiro atoms. The third-order valence-electron chi connectivity index (χ3n) is 3.59. The molecule has 0 heterocycles. The van der Waals surface area contributed by atoms with Crippen molar-refractivity contribution in [2.24, 2.45) is 0 Å². The van der Waals surface area contributed by atoms with E-state index in [0.717, 1.165) is 21.3 Å². The van der Waals surface area contributed by atoms with Crippen molar-refractivity contribution in [2.75, 3.05) is 20.3 Å². The molecule has 0 fully saturated rings. The van der Waals surface area contributed by atoms with Gasteiger partial charge in [-0.3, -0.25) is 0 Å². The van der Waals surface area contributed by atoms with E-state index in [1.807, 2.05) is 49.4 Å². The van der Waals surface area contributed by atoms with Gasteiger partial charge in [-0.2, -0.15) is 0 Å². The smallest absolute Gasteiger partial charge is 0.315 e. The van der Waals surface area contributed by atoms with Crippen molar-refractivity contribution < 1.29 is 14.3 Å². The molecular formula is C19H23BrN2O3. The van der Waals surface area contributed by atoms with Crippen molar-refractivity contribution in [2.45, 2.75) is 19.9 Å². The Morgan fingerprint density at radius 2 is 1.76 bits per heavy atom. The Morgan fingerprint density at radius 3 is 2.44 bits per heavy atom. The Hall–Kier alpha value is -2.21. The molecule has 0 aliphatic carbocycles. The number of ether oxygens (including phenoxy) is 2. The van der Waals surface area contributed by atoms with Crippen LogP contribution in [0.2, 0.25) is 0 Å². The van der Waals surface area contributed by atoms with E-state index < -0.39 is 0 Å². The minimum absolute atomic E-state index is 0.180. The molecule has 2 amide bonds. The van der Waals surface area contributed by atoms with Crippen molar-refractivity contribution in [1.29, 1.82) is 0 Å². The number of rotatable bonds is 8. The second kappa shape index (κ2) is 9.93. The number of amides is 2. The highest BCUT2D eigenvalue weighted by Crippen LogP contribution is 2.28. The van der Waals surface area contributed by atoms with Crippen molar-refractivity contribution in [3.63, 3.8) is 0 Å². The van der Waals surface area contributed by atoms with E-state index in [2.05, 4.69) is 26.6 Å². The van der Waals surface area contributed by atoms with Gasteiger partial charge in [0.1, 0.15) is 0 Å². The van der Waals surface area contributed by atoms with Crippen molar-refractivity contribution in [3.8, 4) is 11.5 Å². The normalized spacial score (nSPS) is 10.2. The van der Waals surface area contributed by atoms with E-state index in [1.54, 1.807) is 7.11 Å². The molecule has 0 bridgehead atoms. The summed E-state index contributed by atoms with van der Waals surface area (Å²) in [4.78, 5) is 11.9. The first kappa shape index (κ1) is 19.1. The second-order valence-electron chi connectivity index (χ2n) is 5.40. The molecule has 0 radical (unpaired) electrons. The first-order valence-electron chi connectivity index (χ1n) is 8.18. The predicted octanol–water partition coefficient (Wildman–Crippen LogP) is 3.90. The Labute approximate surface area is 156 Å². The van der Waals surface area contributed by atoms with E-state index in [1.165, 1.54) is 0 Å². The summed E-state index contributed by atoms with van der Waals surface area (Å²) in [6.07, 6.45) is 0.717. The molecule has 0 saturated heterocycles. The molecule has 0 saturated carbocycles. The highest BCUT2D eigenvalue weighted by atomic mass is 79.9. The van der Waals surface area contributed by atoms with Crippen LogP contribution in [-0.2, 0) is 13.0 Å². The lowest BCUT2D eigenvalue weighted by Gasteiger charge is -2.11. The molecule has 2 aromatic rings. The molecule has 5 nitrogen and oxygen atoms in total. The summed E-state index contributed by atoms with van der Waals surface area (Å²) in [5.41, 5.74) is 2.13. The number of urea groups is 1. The van der Waals surface area contributed by atoms with Gasteiger partial charge in [-0.1, -0.05) is 34.1 Å². The lowest BCUT2D eigenvalue weighted by Crippen LogP contribution is -2.36. The van der Waals surface area contributed by atoms with Crippen LogP contribution in [0.4, 0.5) is 4.79 Å². The number of benzene rings is 2. The monoisotopic (exact) mass is 406 g/mol. The molecule has 0 aliphatic rings. The summed E-state index contributed by atoms with van der Waals surface area (Å²) in [5, 5.41) is 5.70. The first-order valence-corrected chi connectivity index (χ1v) is 8.97. The van der Waals surface area contributed by atoms with Crippen LogP contribution in [0.3, 0.4) is 0 Å². The van der Waals surface area contributed by atoms with Gasteiger partial charge < -0.3 is 20.1 Å². The van der Waals surface area contributed by atoms with Crippen LogP contribution in [-0.4, -0.2) is 26.3 Å². The lowest BCUT2D eigenvalue weighted by molar-refractivity contribution is 0.240. The number of nitrogens with one attached hydrogen (secondary N) is 2. The van der Waals surface area contributed by atoms with Crippen LogP contribution in [0, 0.1) is 0 Å². The number of carbonyl (C=O) groups excluding carboxylic acids is 1. The van der Waals surface area contributed by atoms with E-state index >= 15 is 0 Å². The molecule has 6 heteroatoms. The van der Waals surface area contributed by atoms with Gasteiger partial charge in [-0.05, 0) is 48.7 Å². The standard InChI is InChI=1S/C19H23BrN2O3/c1-3-25-17-9-6-14(12-18(17)24-2)10-11-21-19(23)22-13-15-4-7-16(20)8-5-15/h4-9,12H,3,10-11,13H2,1-2H3,(H2,21,22,23). The van der Waals surface area contributed by atoms with Gasteiger partial charge in [0.25, 0.3) is 0 Å². The van der Waals surface area contributed by atoms with E-state index in [0.29, 0.717) is 31.9 Å². The summed E-state index contributed by atoms with van der Waals surface area (Å²) in [5.74, 6) is 1.44. The Bertz CT molecular complexity index is 690. The molecule has 0 unspecified atom stereocenters. The number of carbonyl (C=O) groups is 1. The average molecular weight is 407 g/mol. The average Bonchev–Trinajstić information content (AvgIpc) is 2.62. The fraction of sp³-hybridized carbons (Fsp3) is 0.316. The first-order chi connectivity index (χ1) is 12.1. The third-order valence-corrected chi connectivity index (χ3v) is 4.12. The SMILES string of the molecule is CCOc1ccc(CCNC(=O)NCc2ccc(Br)cc2)cc1OC. The highest BCUT2D eigenvalue weighted by Gasteiger charge is 2.06. The second-order valence-corrected chi connectivity index (χ2v) is 6.32. The van der Waals surface area contributed by atoms with Gasteiger partial charge in [-0.25, -0.2) is 4.79 Å². The van der Waals surface area contributed by atoms with Gasteiger partial charge >= 0.3 is 6.03 Å². The number of halogens is 1. The summed E-state index contributed by atoms with van der Waals surface area (Å²) >= 11 is 3.39. The maximum absolute atomic E-state index is 11.9.